The van der Waals surface area contributed by atoms with Gasteiger partial charge in [-0.05, 0) is 18.7 Å². The van der Waals surface area contributed by atoms with Gasteiger partial charge in [0.2, 0.25) is 0 Å². The summed E-state index contributed by atoms with van der Waals surface area (Å²) >= 11 is 0. The van der Waals surface area contributed by atoms with E-state index in [2.05, 4.69) is 34.5 Å². The zero-order valence-corrected chi connectivity index (χ0v) is 18.6. The highest BCUT2D eigenvalue weighted by Gasteiger charge is 2.34. The molecular weight excluding hydrogens is 418 g/mol. The van der Waals surface area contributed by atoms with E-state index in [0.717, 1.165) is 23.4 Å². The van der Waals surface area contributed by atoms with E-state index in [1.807, 2.05) is 31.4 Å². The molecule has 0 atom stereocenters. The van der Waals surface area contributed by atoms with Gasteiger partial charge in [0, 0.05) is 48.0 Å². The van der Waals surface area contributed by atoms with Crippen molar-refractivity contribution in [1.82, 2.24) is 25.0 Å². The molecule has 0 saturated carbocycles. The molecular formula is C25H25N5O3. The number of hydrogen-bond acceptors (Lipinski definition) is 7. The molecule has 1 aliphatic rings. The summed E-state index contributed by atoms with van der Waals surface area (Å²) in [6.45, 7) is 4.85. The van der Waals surface area contributed by atoms with Gasteiger partial charge in [0.05, 0.1) is 31.3 Å². The van der Waals surface area contributed by atoms with Gasteiger partial charge in [-0.3, -0.25) is 9.78 Å². The number of hydrogen-bond donors (Lipinski definition) is 1. The van der Waals surface area contributed by atoms with Gasteiger partial charge in [0.1, 0.15) is 11.4 Å². The lowest BCUT2D eigenvalue weighted by molar-refractivity contribution is -0.110. The van der Waals surface area contributed by atoms with Gasteiger partial charge in [-0.2, -0.15) is 0 Å². The Morgan fingerprint density at radius 1 is 1.03 bits per heavy atom. The molecule has 0 aliphatic carbocycles. The topological polar surface area (TPSA) is 95.1 Å². The molecule has 0 radical (unpaired) electrons. The highest BCUT2D eigenvalue weighted by Crippen LogP contribution is 2.29. The number of nitrogens with zero attached hydrogens (tertiary/aromatic N) is 4. The standard InChI is InChI=1S/C25H25N5O3/c1-25(15-32-16-25)14-30-13-19(7-8-24(30)31)21-11-27-12-22(28-21)23-9-20(29-33-23)18-5-3-17(4-6-18)10-26-2/h3-9,11-13,26H,10,14-16H2,1-2H3. The number of pyridine rings is 1. The second kappa shape index (κ2) is 8.73. The Hall–Kier alpha value is -3.62. The zero-order chi connectivity index (χ0) is 22.8. The quantitative estimate of drug-likeness (QED) is 0.468. The second-order valence-electron chi connectivity index (χ2n) is 8.78. The van der Waals surface area contributed by atoms with Crippen LogP contribution < -0.4 is 10.9 Å². The molecule has 8 nitrogen and oxygen atoms in total. The number of benzene rings is 1. The summed E-state index contributed by atoms with van der Waals surface area (Å²) in [6, 6.07) is 13.4. The molecule has 1 fully saturated rings. The van der Waals surface area contributed by atoms with Gasteiger partial charge >= 0.3 is 0 Å². The maximum atomic E-state index is 12.4. The summed E-state index contributed by atoms with van der Waals surface area (Å²) in [5.41, 5.74) is 4.89. The summed E-state index contributed by atoms with van der Waals surface area (Å²) in [6.07, 6.45) is 5.16. The predicted octanol–water partition coefficient (Wildman–Crippen LogP) is 3.38. The summed E-state index contributed by atoms with van der Waals surface area (Å²) in [5, 5.41) is 7.34. The Balaban J connectivity index is 1.40. The van der Waals surface area contributed by atoms with Gasteiger partial charge in [-0.15, -0.1) is 0 Å². The smallest absolute Gasteiger partial charge is 0.250 e. The van der Waals surface area contributed by atoms with Crippen LogP contribution in [-0.4, -0.2) is 40.0 Å². The van der Waals surface area contributed by atoms with Crippen LogP contribution in [0.25, 0.3) is 34.0 Å². The molecule has 1 aromatic carbocycles. The minimum absolute atomic E-state index is 0.0164. The highest BCUT2D eigenvalue weighted by atomic mass is 16.5. The minimum Gasteiger partial charge on any atom is -0.380 e. The lowest BCUT2D eigenvalue weighted by Crippen LogP contribution is -2.44. The monoisotopic (exact) mass is 443 g/mol. The molecule has 0 bridgehead atoms. The second-order valence-corrected chi connectivity index (χ2v) is 8.78. The van der Waals surface area contributed by atoms with Crippen LogP contribution in [0.3, 0.4) is 0 Å². The van der Waals surface area contributed by atoms with Crippen molar-refractivity contribution in [3.63, 3.8) is 0 Å². The highest BCUT2D eigenvalue weighted by molar-refractivity contribution is 5.66. The van der Waals surface area contributed by atoms with E-state index in [1.54, 1.807) is 29.1 Å². The minimum atomic E-state index is -0.0448. The van der Waals surface area contributed by atoms with Crippen LogP contribution in [0.1, 0.15) is 12.5 Å². The van der Waals surface area contributed by atoms with Gasteiger partial charge in [0.25, 0.3) is 5.56 Å². The largest absolute Gasteiger partial charge is 0.380 e. The van der Waals surface area contributed by atoms with E-state index in [-0.39, 0.29) is 11.0 Å². The van der Waals surface area contributed by atoms with Crippen LogP contribution in [0.2, 0.25) is 0 Å². The van der Waals surface area contributed by atoms with Gasteiger partial charge < -0.3 is 19.1 Å². The Labute approximate surface area is 191 Å². The Morgan fingerprint density at radius 3 is 2.52 bits per heavy atom. The average Bonchev–Trinajstić information content (AvgIpc) is 3.31. The molecule has 168 valence electrons. The molecule has 1 aliphatic heterocycles. The van der Waals surface area contributed by atoms with Crippen molar-refractivity contribution < 1.29 is 9.26 Å². The molecule has 33 heavy (non-hydrogen) atoms. The van der Waals surface area contributed by atoms with Crippen molar-refractivity contribution in [2.75, 3.05) is 20.3 Å². The third kappa shape index (κ3) is 4.48. The summed E-state index contributed by atoms with van der Waals surface area (Å²) in [7, 11) is 1.92. The first-order chi connectivity index (χ1) is 16.0. The van der Waals surface area contributed by atoms with Gasteiger partial charge in [-0.25, -0.2) is 4.98 Å². The first-order valence-electron chi connectivity index (χ1n) is 10.8. The van der Waals surface area contributed by atoms with E-state index in [4.69, 9.17) is 14.2 Å². The molecule has 5 rings (SSSR count). The van der Waals surface area contributed by atoms with E-state index < -0.39 is 0 Å². The van der Waals surface area contributed by atoms with Crippen molar-refractivity contribution in [3.05, 3.63) is 77.0 Å². The number of aromatic nitrogens is 4. The Morgan fingerprint density at radius 2 is 1.79 bits per heavy atom. The first kappa shape index (κ1) is 21.2. The summed E-state index contributed by atoms with van der Waals surface area (Å²) in [5.74, 6) is 0.533. The summed E-state index contributed by atoms with van der Waals surface area (Å²) in [4.78, 5) is 21.4. The molecule has 1 saturated heterocycles. The number of rotatable bonds is 7. The Bertz CT molecular complexity index is 1320. The van der Waals surface area contributed by atoms with Crippen molar-refractivity contribution in [3.8, 4) is 34.0 Å². The molecule has 0 amide bonds. The fourth-order valence-electron chi connectivity index (χ4n) is 3.91. The lowest BCUT2D eigenvalue weighted by atomic mass is 9.88. The van der Waals surface area contributed by atoms with E-state index in [1.165, 1.54) is 5.56 Å². The number of nitrogens with one attached hydrogen (secondary N) is 1. The van der Waals surface area contributed by atoms with E-state index >= 15 is 0 Å². The maximum Gasteiger partial charge on any atom is 0.250 e. The molecule has 8 heteroatoms. The van der Waals surface area contributed by atoms with Gasteiger partial charge in [0.15, 0.2) is 5.76 Å². The van der Waals surface area contributed by atoms with Crippen LogP contribution in [-0.2, 0) is 17.8 Å². The maximum absolute atomic E-state index is 12.4. The molecule has 3 aromatic heterocycles. The van der Waals surface area contributed by atoms with Crippen LogP contribution in [0.4, 0.5) is 0 Å². The van der Waals surface area contributed by atoms with Crippen LogP contribution >= 0.6 is 0 Å². The molecule has 4 heterocycles. The lowest BCUT2D eigenvalue weighted by Gasteiger charge is -2.38. The fraction of sp³-hybridized carbons (Fsp3) is 0.280. The fourth-order valence-corrected chi connectivity index (χ4v) is 3.91. The normalized spacial score (nSPS) is 14.7. The van der Waals surface area contributed by atoms with Crippen molar-refractivity contribution in [2.45, 2.75) is 20.0 Å². The van der Waals surface area contributed by atoms with Gasteiger partial charge in [-0.1, -0.05) is 36.3 Å². The first-order valence-corrected chi connectivity index (χ1v) is 10.8. The van der Waals surface area contributed by atoms with E-state index in [9.17, 15) is 4.79 Å². The average molecular weight is 444 g/mol. The van der Waals surface area contributed by atoms with Crippen molar-refractivity contribution in [1.29, 1.82) is 0 Å². The predicted molar refractivity (Wildman–Crippen MR) is 124 cm³/mol. The third-order valence-corrected chi connectivity index (χ3v) is 5.76. The SMILES string of the molecule is CNCc1ccc(-c2cc(-c3cncc(-c4ccc(=O)n(CC5(C)COC5)c4)n3)on2)cc1. The Kier molecular flexibility index (Phi) is 5.62. The van der Waals surface area contributed by atoms with Crippen LogP contribution in [0, 0.1) is 5.41 Å². The van der Waals surface area contributed by atoms with Crippen LogP contribution in [0.15, 0.2) is 70.4 Å². The van der Waals surface area contributed by atoms with Crippen molar-refractivity contribution >= 4 is 0 Å². The third-order valence-electron chi connectivity index (χ3n) is 5.76. The van der Waals surface area contributed by atoms with E-state index in [0.29, 0.717) is 36.9 Å². The molecule has 0 unspecified atom stereocenters. The summed E-state index contributed by atoms with van der Waals surface area (Å²) < 4.78 is 12.6. The number of ether oxygens (including phenoxy) is 1. The van der Waals surface area contributed by atoms with Crippen LogP contribution in [0.5, 0.6) is 0 Å². The zero-order valence-electron chi connectivity index (χ0n) is 18.6. The van der Waals surface area contributed by atoms with Crippen molar-refractivity contribution in [2.24, 2.45) is 5.41 Å². The molecule has 4 aromatic rings. The molecule has 1 N–H and O–H groups in total. The molecule has 0 spiro atoms.